The van der Waals surface area contributed by atoms with Gasteiger partial charge in [-0.15, -0.1) is 0 Å². The highest BCUT2D eigenvalue weighted by molar-refractivity contribution is 6.00. The molecule has 2 amide bonds. The standard InChI is InChI=1S/C36H45F2N3O2/c1-4-6-11-34-12-8-15-41(34)36(43)30-17-25(3)16-29(22-30)35(42)40-33(21-28-19-31(37)23-32(38)20-28)13-14-39-24-27-10-7-9-26(5-2)18-27/h7,9-10,16-20,22-23,33-34,39H,4-6,8,11-15,21,24H2,1-3H3,(H,40,42)/t33-,34+/m1/s1. The lowest BCUT2D eigenvalue weighted by Crippen LogP contribution is -2.39. The normalized spacial score (nSPS) is 15.5. The third-order valence-corrected chi connectivity index (χ3v) is 8.25. The Bertz CT molecular complexity index is 1370. The van der Waals surface area contributed by atoms with Crippen molar-refractivity contribution in [1.29, 1.82) is 0 Å². The van der Waals surface area contributed by atoms with Gasteiger partial charge in [0.25, 0.3) is 11.8 Å². The number of amides is 2. The van der Waals surface area contributed by atoms with Crippen LogP contribution in [0.5, 0.6) is 0 Å². The Kier molecular flexibility index (Phi) is 11.9. The molecule has 230 valence electrons. The molecule has 0 bridgehead atoms. The summed E-state index contributed by atoms with van der Waals surface area (Å²) in [5.74, 6) is -1.62. The second kappa shape index (κ2) is 15.8. The molecule has 0 unspecified atom stereocenters. The Morgan fingerprint density at radius 3 is 2.44 bits per heavy atom. The third kappa shape index (κ3) is 9.45. The molecule has 2 atom stereocenters. The van der Waals surface area contributed by atoms with Gasteiger partial charge in [0.15, 0.2) is 0 Å². The summed E-state index contributed by atoms with van der Waals surface area (Å²) < 4.78 is 28.0. The number of likely N-dealkylation sites (tertiary alicyclic amines) is 1. The Labute approximate surface area is 255 Å². The lowest BCUT2D eigenvalue weighted by atomic mass is 10.0. The van der Waals surface area contributed by atoms with E-state index in [1.807, 2.05) is 24.0 Å². The Morgan fingerprint density at radius 2 is 1.70 bits per heavy atom. The topological polar surface area (TPSA) is 61.4 Å². The summed E-state index contributed by atoms with van der Waals surface area (Å²) in [5.41, 5.74) is 4.69. The first-order valence-electron chi connectivity index (χ1n) is 15.7. The van der Waals surface area contributed by atoms with E-state index >= 15 is 0 Å². The second-order valence-corrected chi connectivity index (χ2v) is 11.8. The molecule has 1 aliphatic rings. The van der Waals surface area contributed by atoms with Gasteiger partial charge in [-0.25, -0.2) is 8.78 Å². The highest BCUT2D eigenvalue weighted by atomic mass is 19.1. The van der Waals surface area contributed by atoms with Crippen LogP contribution >= 0.6 is 0 Å². The summed E-state index contributed by atoms with van der Waals surface area (Å²) >= 11 is 0. The number of benzene rings is 3. The summed E-state index contributed by atoms with van der Waals surface area (Å²) in [4.78, 5) is 29.0. The quantitative estimate of drug-likeness (QED) is 0.196. The van der Waals surface area contributed by atoms with Gasteiger partial charge in [-0.2, -0.15) is 0 Å². The lowest BCUT2D eigenvalue weighted by Gasteiger charge is -2.25. The van der Waals surface area contributed by atoms with Gasteiger partial charge in [-0.3, -0.25) is 9.59 Å². The Balaban J connectivity index is 1.46. The zero-order chi connectivity index (χ0) is 30.8. The van der Waals surface area contributed by atoms with Crippen molar-refractivity contribution in [2.45, 2.75) is 90.8 Å². The van der Waals surface area contributed by atoms with Crippen LogP contribution in [-0.2, 0) is 19.4 Å². The van der Waals surface area contributed by atoms with E-state index in [4.69, 9.17) is 0 Å². The average molecular weight is 590 g/mol. The number of nitrogens with one attached hydrogen (secondary N) is 2. The monoisotopic (exact) mass is 589 g/mol. The van der Waals surface area contributed by atoms with E-state index in [1.54, 1.807) is 12.1 Å². The minimum atomic E-state index is -0.644. The number of unbranched alkanes of at least 4 members (excludes halogenated alkanes) is 1. The fourth-order valence-corrected chi connectivity index (χ4v) is 6.02. The number of carbonyl (C=O) groups is 2. The summed E-state index contributed by atoms with van der Waals surface area (Å²) in [7, 11) is 0. The lowest BCUT2D eigenvalue weighted by molar-refractivity contribution is 0.0729. The SMILES string of the molecule is CCCC[C@H]1CCCN1C(=O)c1cc(C)cc(C(=O)N[C@H](CCNCc2cccc(CC)c2)Cc2cc(F)cc(F)c2)c1. The van der Waals surface area contributed by atoms with Gasteiger partial charge in [-0.1, -0.05) is 51.0 Å². The zero-order valence-electron chi connectivity index (χ0n) is 25.7. The highest BCUT2D eigenvalue weighted by Gasteiger charge is 2.29. The zero-order valence-corrected chi connectivity index (χ0v) is 25.7. The minimum absolute atomic E-state index is 0.0283. The molecule has 0 aliphatic carbocycles. The van der Waals surface area contributed by atoms with Gasteiger partial charge in [0.05, 0.1) is 0 Å². The number of halogens is 2. The number of hydrogen-bond donors (Lipinski definition) is 2. The van der Waals surface area contributed by atoms with E-state index in [1.165, 1.54) is 23.3 Å². The van der Waals surface area contributed by atoms with Gasteiger partial charge in [0, 0.05) is 42.4 Å². The molecule has 0 saturated carbocycles. The molecular formula is C36H45F2N3O2. The van der Waals surface area contributed by atoms with Crippen molar-refractivity contribution in [2.24, 2.45) is 0 Å². The number of nitrogens with zero attached hydrogens (tertiary/aromatic N) is 1. The Morgan fingerprint density at radius 1 is 0.953 bits per heavy atom. The molecule has 3 aromatic rings. The Hall–Kier alpha value is -3.58. The van der Waals surface area contributed by atoms with Crippen molar-refractivity contribution < 1.29 is 18.4 Å². The van der Waals surface area contributed by atoms with Gasteiger partial charge in [0.2, 0.25) is 0 Å². The smallest absolute Gasteiger partial charge is 0.254 e. The first-order valence-corrected chi connectivity index (χ1v) is 15.7. The van der Waals surface area contributed by atoms with Crippen molar-refractivity contribution in [1.82, 2.24) is 15.5 Å². The predicted molar refractivity (Wildman–Crippen MR) is 168 cm³/mol. The first-order chi connectivity index (χ1) is 20.7. The molecule has 5 nitrogen and oxygen atoms in total. The third-order valence-electron chi connectivity index (χ3n) is 8.25. The van der Waals surface area contributed by atoms with Crippen molar-refractivity contribution in [3.05, 3.63) is 106 Å². The molecule has 43 heavy (non-hydrogen) atoms. The van der Waals surface area contributed by atoms with Crippen LogP contribution < -0.4 is 10.6 Å². The number of carbonyl (C=O) groups excluding carboxylic acids is 2. The molecule has 2 N–H and O–H groups in total. The van der Waals surface area contributed by atoms with Gasteiger partial charge < -0.3 is 15.5 Å². The van der Waals surface area contributed by atoms with Crippen LogP contribution in [0, 0.1) is 18.6 Å². The first kappa shape index (κ1) is 32.3. The van der Waals surface area contributed by atoms with Gasteiger partial charge in [-0.05, 0) is 105 Å². The van der Waals surface area contributed by atoms with Gasteiger partial charge in [0.1, 0.15) is 11.6 Å². The largest absolute Gasteiger partial charge is 0.349 e. The number of aryl methyl sites for hydroxylation is 2. The van der Waals surface area contributed by atoms with Crippen LogP contribution in [0.4, 0.5) is 8.78 Å². The van der Waals surface area contributed by atoms with E-state index in [0.717, 1.165) is 56.7 Å². The molecule has 1 saturated heterocycles. The minimum Gasteiger partial charge on any atom is -0.349 e. The van der Waals surface area contributed by atoms with Crippen LogP contribution in [0.2, 0.25) is 0 Å². The van der Waals surface area contributed by atoms with Gasteiger partial charge >= 0.3 is 0 Å². The van der Waals surface area contributed by atoms with E-state index in [2.05, 4.69) is 42.7 Å². The van der Waals surface area contributed by atoms with E-state index in [9.17, 15) is 18.4 Å². The van der Waals surface area contributed by atoms with E-state index in [0.29, 0.717) is 36.2 Å². The maximum atomic E-state index is 14.0. The molecule has 0 aromatic heterocycles. The molecule has 1 fully saturated rings. The molecule has 4 rings (SSSR count). The van der Waals surface area contributed by atoms with E-state index < -0.39 is 11.6 Å². The van der Waals surface area contributed by atoms with Crippen LogP contribution in [0.25, 0.3) is 0 Å². The van der Waals surface area contributed by atoms with Crippen molar-refractivity contribution in [2.75, 3.05) is 13.1 Å². The summed E-state index contributed by atoms with van der Waals surface area (Å²) in [5, 5.41) is 6.53. The predicted octanol–water partition coefficient (Wildman–Crippen LogP) is 7.15. The molecule has 3 aromatic carbocycles. The van der Waals surface area contributed by atoms with Crippen LogP contribution in [0.1, 0.15) is 95.3 Å². The molecule has 0 spiro atoms. The van der Waals surface area contributed by atoms with E-state index in [-0.39, 0.29) is 30.3 Å². The van der Waals surface area contributed by atoms with Crippen LogP contribution in [0.15, 0.2) is 60.7 Å². The number of rotatable bonds is 14. The fraction of sp³-hybridized carbons (Fsp3) is 0.444. The van der Waals surface area contributed by atoms with Crippen molar-refractivity contribution in [3.63, 3.8) is 0 Å². The van der Waals surface area contributed by atoms with Crippen LogP contribution in [-0.4, -0.2) is 41.9 Å². The van der Waals surface area contributed by atoms with Crippen molar-refractivity contribution >= 4 is 11.8 Å². The maximum absolute atomic E-state index is 14.0. The summed E-state index contributed by atoms with van der Waals surface area (Å²) in [6, 6.07) is 17.0. The van der Waals surface area contributed by atoms with Crippen LogP contribution in [0.3, 0.4) is 0 Å². The fourth-order valence-electron chi connectivity index (χ4n) is 6.02. The van der Waals surface area contributed by atoms with Crippen molar-refractivity contribution in [3.8, 4) is 0 Å². The second-order valence-electron chi connectivity index (χ2n) is 11.8. The highest BCUT2D eigenvalue weighted by Crippen LogP contribution is 2.25. The molecule has 0 radical (unpaired) electrons. The molecule has 1 aliphatic heterocycles. The molecular weight excluding hydrogens is 544 g/mol. The molecule has 7 heteroatoms. The number of hydrogen-bond acceptors (Lipinski definition) is 3. The maximum Gasteiger partial charge on any atom is 0.254 e. The summed E-state index contributed by atoms with van der Waals surface area (Å²) in [6.45, 7) is 8.19. The molecule has 1 heterocycles. The average Bonchev–Trinajstić information content (AvgIpc) is 3.45. The summed E-state index contributed by atoms with van der Waals surface area (Å²) in [6.07, 6.45) is 7.01.